The summed E-state index contributed by atoms with van der Waals surface area (Å²) in [7, 11) is 0. The molecule has 0 aliphatic carbocycles. The van der Waals surface area contributed by atoms with Crippen molar-refractivity contribution in [1.29, 1.82) is 0 Å². The molecule has 1 amide bonds. The van der Waals surface area contributed by atoms with Crippen molar-refractivity contribution in [2.24, 2.45) is 5.10 Å². The molecule has 1 atom stereocenters. The number of pyridine rings is 1. The van der Waals surface area contributed by atoms with Crippen molar-refractivity contribution in [3.63, 3.8) is 0 Å². The van der Waals surface area contributed by atoms with Gasteiger partial charge in [0.1, 0.15) is 0 Å². The van der Waals surface area contributed by atoms with Crippen LogP contribution >= 0.6 is 31.9 Å². The Morgan fingerprint density at radius 3 is 2.36 bits per heavy atom. The van der Waals surface area contributed by atoms with Crippen molar-refractivity contribution in [2.75, 3.05) is 19.6 Å². The number of nitrogens with one attached hydrogen (secondary N) is 1. The third-order valence-corrected chi connectivity index (χ3v) is 8.58. The standard InChI is InChI=1S/C31H28Br2N4O2/c32-22-11-9-20(10-12-22)27-18-26(35-37(27)28(38)19-36-15-5-2-6-16-36)30-29(21-7-3-1-4-8-21)24-17-23(33)13-14-25(24)34-31(30)39/h1,3-4,7-14,17,27H,2,5-6,15-16,18-19H2,(H,34,39). The van der Waals surface area contributed by atoms with Crippen molar-refractivity contribution in [3.05, 3.63) is 103 Å². The lowest BCUT2D eigenvalue weighted by Crippen LogP contribution is -2.40. The van der Waals surface area contributed by atoms with Gasteiger partial charge in [-0.15, -0.1) is 0 Å². The molecule has 198 valence electrons. The van der Waals surface area contributed by atoms with E-state index in [9.17, 15) is 9.59 Å². The van der Waals surface area contributed by atoms with Gasteiger partial charge in [-0.05, 0) is 67.4 Å². The zero-order valence-corrected chi connectivity index (χ0v) is 24.5. The van der Waals surface area contributed by atoms with Crippen LogP contribution in [0.3, 0.4) is 0 Å². The molecule has 0 radical (unpaired) electrons. The molecule has 1 unspecified atom stereocenters. The molecule has 6 rings (SSSR count). The maximum Gasteiger partial charge on any atom is 0.258 e. The van der Waals surface area contributed by atoms with E-state index in [-0.39, 0.29) is 17.5 Å². The number of hydrazone groups is 1. The molecule has 39 heavy (non-hydrogen) atoms. The number of likely N-dealkylation sites (tertiary alicyclic amines) is 1. The van der Waals surface area contributed by atoms with Crippen LogP contribution in [0.5, 0.6) is 0 Å². The van der Waals surface area contributed by atoms with Crippen molar-refractivity contribution in [3.8, 4) is 11.1 Å². The van der Waals surface area contributed by atoms with Crippen LogP contribution < -0.4 is 5.56 Å². The van der Waals surface area contributed by atoms with Crippen molar-refractivity contribution in [2.45, 2.75) is 31.7 Å². The highest BCUT2D eigenvalue weighted by Crippen LogP contribution is 2.38. The van der Waals surface area contributed by atoms with Crippen LogP contribution in [0.2, 0.25) is 0 Å². The third kappa shape index (κ3) is 5.38. The number of rotatable bonds is 5. The lowest BCUT2D eigenvalue weighted by Gasteiger charge is -2.29. The molecule has 0 spiro atoms. The summed E-state index contributed by atoms with van der Waals surface area (Å²) in [6, 6.07) is 23.5. The van der Waals surface area contributed by atoms with Crippen LogP contribution in [-0.4, -0.2) is 46.1 Å². The Morgan fingerprint density at radius 2 is 1.62 bits per heavy atom. The summed E-state index contributed by atoms with van der Waals surface area (Å²) < 4.78 is 1.89. The largest absolute Gasteiger partial charge is 0.321 e. The fourth-order valence-corrected chi connectivity index (χ4v) is 6.29. The monoisotopic (exact) mass is 646 g/mol. The Kier molecular flexibility index (Phi) is 7.51. The van der Waals surface area contributed by atoms with Crippen LogP contribution in [0.15, 0.2) is 91.6 Å². The van der Waals surface area contributed by atoms with Crippen LogP contribution in [-0.2, 0) is 4.79 Å². The van der Waals surface area contributed by atoms with Gasteiger partial charge in [0.25, 0.3) is 11.5 Å². The number of halogens is 2. The van der Waals surface area contributed by atoms with Gasteiger partial charge in [-0.2, -0.15) is 5.10 Å². The molecule has 1 fully saturated rings. The molecule has 6 nitrogen and oxygen atoms in total. The molecule has 2 aliphatic rings. The van der Waals surface area contributed by atoms with E-state index in [0.29, 0.717) is 24.2 Å². The second-order valence-electron chi connectivity index (χ2n) is 10.2. The molecule has 8 heteroatoms. The van der Waals surface area contributed by atoms with Crippen LogP contribution in [0.4, 0.5) is 0 Å². The molecule has 1 N–H and O–H groups in total. The van der Waals surface area contributed by atoms with E-state index in [4.69, 9.17) is 5.10 Å². The van der Waals surface area contributed by atoms with Crippen molar-refractivity contribution in [1.82, 2.24) is 14.9 Å². The summed E-state index contributed by atoms with van der Waals surface area (Å²) in [6.07, 6.45) is 3.89. The number of amides is 1. The number of fused-ring (bicyclic) bond motifs is 1. The van der Waals surface area contributed by atoms with Crippen molar-refractivity contribution >= 4 is 54.4 Å². The molecule has 2 aliphatic heterocycles. The average molecular weight is 648 g/mol. The predicted octanol–water partition coefficient (Wildman–Crippen LogP) is 6.88. The van der Waals surface area contributed by atoms with Gasteiger partial charge in [-0.25, -0.2) is 5.01 Å². The van der Waals surface area contributed by atoms with Crippen molar-refractivity contribution < 1.29 is 4.79 Å². The summed E-state index contributed by atoms with van der Waals surface area (Å²) in [5.74, 6) is -0.0407. The van der Waals surface area contributed by atoms with Gasteiger partial charge in [0.05, 0.1) is 23.9 Å². The van der Waals surface area contributed by atoms with Crippen LogP contribution in [0, 0.1) is 0 Å². The smallest absolute Gasteiger partial charge is 0.258 e. The fraction of sp³-hybridized carbons (Fsp3) is 0.258. The van der Waals surface area contributed by atoms with E-state index in [2.05, 4.69) is 41.7 Å². The number of piperidine rings is 1. The maximum atomic E-state index is 13.7. The Bertz CT molecular complexity index is 1610. The lowest BCUT2D eigenvalue weighted by molar-refractivity contribution is -0.134. The van der Waals surface area contributed by atoms with E-state index in [0.717, 1.165) is 62.5 Å². The van der Waals surface area contributed by atoms with Gasteiger partial charge in [-0.3, -0.25) is 14.5 Å². The van der Waals surface area contributed by atoms with E-state index in [1.807, 2.05) is 72.8 Å². The van der Waals surface area contributed by atoms with Crippen LogP contribution in [0.25, 0.3) is 22.0 Å². The molecular formula is C31H28Br2N4O2. The summed E-state index contributed by atoms with van der Waals surface area (Å²) >= 11 is 7.12. The Balaban J connectivity index is 1.49. The summed E-state index contributed by atoms with van der Waals surface area (Å²) in [5, 5.41) is 7.45. The summed E-state index contributed by atoms with van der Waals surface area (Å²) in [5.41, 5.74) is 4.44. The highest BCUT2D eigenvalue weighted by Gasteiger charge is 2.36. The van der Waals surface area contributed by atoms with Gasteiger partial charge in [-0.1, -0.05) is 80.7 Å². The van der Waals surface area contributed by atoms with E-state index >= 15 is 0 Å². The Morgan fingerprint density at radius 1 is 0.897 bits per heavy atom. The SMILES string of the molecule is O=C(CN1CCCCC1)N1N=C(c2c(-c3ccccc3)c3cc(Br)ccc3[nH]c2=O)CC1c1ccc(Br)cc1. The number of hydrogen-bond acceptors (Lipinski definition) is 4. The number of aromatic amines is 1. The normalized spacial score (nSPS) is 17.9. The minimum absolute atomic E-state index is 0.0407. The van der Waals surface area contributed by atoms with Gasteiger partial charge >= 0.3 is 0 Å². The average Bonchev–Trinajstić information content (AvgIpc) is 3.39. The molecule has 0 saturated carbocycles. The highest BCUT2D eigenvalue weighted by molar-refractivity contribution is 9.10. The quantitative estimate of drug-likeness (QED) is 0.257. The number of H-pyrrole nitrogens is 1. The molecule has 1 saturated heterocycles. The maximum absolute atomic E-state index is 13.7. The second-order valence-corrected chi connectivity index (χ2v) is 12.0. The zero-order chi connectivity index (χ0) is 26.9. The first kappa shape index (κ1) is 26.2. The number of aromatic nitrogens is 1. The minimum atomic E-state index is -0.286. The van der Waals surface area contributed by atoms with Gasteiger partial charge < -0.3 is 4.98 Å². The fourth-order valence-electron chi connectivity index (χ4n) is 5.66. The van der Waals surface area contributed by atoms with Crippen LogP contribution in [0.1, 0.15) is 42.9 Å². The number of nitrogens with zero attached hydrogens (tertiary/aromatic N) is 3. The van der Waals surface area contributed by atoms with Gasteiger partial charge in [0.2, 0.25) is 0 Å². The van der Waals surface area contributed by atoms with E-state index in [1.54, 1.807) is 5.01 Å². The first-order chi connectivity index (χ1) is 19.0. The molecule has 3 aromatic carbocycles. The first-order valence-electron chi connectivity index (χ1n) is 13.3. The van der Waals surface area contributed by atoms with Gasteiger partial charge in [0, 0.05) is 31.8 Å². The Hall–Kier alpha value is -3.07. The second kappa shape index (κ2) is 11.2. The Labute approximate surface area is 244 Å². The minimum Gasteiger partial charge on any atom is -0.321 e. The van der Waals surface area contributed by atoms with E-state index in [1.165, 1.54) is 6.42 Å². The molecule has 3 heterocycles. The number of carbonyl (C=O) groups excluding carboxylic acids is 1. The summed E-state index contributed by atoms with van der Waals surface area (Å²) in [4.78, 5) is 32.7. The highest BCUT2D eigenvalue weighted by atomic mass is 79.9. The number of hydrogen-bond donors (Lipinski definition) is 1. The molecule has 1 aromatic heterocycles. The molecular weight excluding hydrogens is 620 g/mol. The summed E-state index contributed by atoms with van der Waals surface area (Å²) in [6.45, 7) is 2.18. The first-order valence-corrected chi connectivity index (χ1v) is 14.9. The molecule has 0 bridgehead atoms. The van der Waals surface area contributed by atoms with E-state index < -0.39 is 0 Å². The van der Waals surface area contributed by atoms with Gasteiger partial charge in [0.15, 0.2) is 0 Å². The zero-order valence-electron chi connectivity index (χ0n) is 21.4. The topological polar surface area (TPSA) is 68.8 Å². The number of benzene rings is 3. The third-order valence-electron chi connectivity index (χ3n) is 7.56. The lowest BCUT2D eigenvalue weighted by atomic mass is 9.91. The predicted molar refractivity (Wildman–Crippen MR) is 163 cm³/mol. The molecule has 4 aromatic rings. The number of carbonyl (C=O) groups is 1.